The average Bonchev–Trinajstić information content (AvgIpc) is 2.64. The molecule has 16 heavy (non-hydrogen) atoms. The largest absolute Gasteiger partial charge is 0.370 e. The molecule has 2 aromatic rings. The highest BCUT2D eigenvalue weighted by Gasteiger charge is 2.04. The Balaban J connectivity index is 2.40. The predicted molar refractivity (Wildman–Crippen MR) is 65.4 cm³/mol. The van der Waals surface area contributed by atoms with Crippen molar-refractivity contribution in [2.24, 2.45) is 0 Å². The lowest BCUT2D eigenvalue weighted by molar-refractivity contribution is 0.842. The van der Waals surface area contributed by atoms with Gasteiger partial charge >= 0.3 is 0 Å². The maximum atomic E-state index is 5.62. The fourth-order valence-corrected chi connectivity index (χ4v) is 1.55. The lowest BCUT2D eigenvalue weighted by atomic mass is 10.5. The van der Waals surface area contributed by atoms with Crippen molar-refractivity contribution in [3.05, 3.63) is 22.9 Å². The molecule has 0 bridgehead atoms. The van der Waals surface area contributed by atoms with E-state index in [1.165, 1.54) is 0 Å². The summed E-state index contributed by atoms with van der Waals surface area (Å²) in [7, 11) is 0. The van der Waals surface area contributed by atoms with Gasteiger partial charge in [0.05, 0.1) is 10.7 Å². The quantitative estimate of drug-likeness (QED) is 0.890. The van der Waals surface area contributed by atoms with Crippen LogP contribution in [0.3, 0.4) is 0 Å². The predicted octanol–water partition coefficient (Wildman–Crippen LogP) is 1.44. The van der Waals surface area contributed by atoms with Crippen molar-refractivity contribution in [1.82, 2.24) is 19.7 Å². The molecule has 0 radical (unpaired) electrons. The van der Waals surface area contributed by atoms with E-state index in [1.54, 1.807) is 23.1 Å². The number of aromatic nitrogens is 4. The van der Waals surface area contributed by atoms with Crippen molar-refractivity contribution in [3.63, 3.8) is 0 Å². The van der Waals surface area contributed by atoms with Gasteiger partial charge in [-0.2, -0.15) is 15.1 Å². The molecule has 2 heterocycles. The molecule has 0 aliphatic heterocycles. The number of nitrogen functional groups attached to an aromatic ring is 1. The Bertz CT molecular complexity index is 494. The van der Waals surface area contributed by atoms with E-state index in [4.69, 9.17) is 5.73 Å². The van der Waals surface area contributed by atoms with Crippen molar-refractivity contribution in [1.29, 1.82) is 0 Å². The van der Waals surface area contributed by atoms with E-state index in [9.17, 15) is 0 Å². The standard InChI is InChI=1S/C9H11BrN6/c1-2-12-7-3-8(15-9(11)14-7)16-5-6(10)4-13-16/h3-5H,2H2,1H3,(H3,11,12,14,15). The van der Waals surface area contributed by atoms with E-state index in [0.29, 0.717) is 11.6 Å². The van der Waals surface area contributed by atoms with Gasteiger partial charge in [-0.05, 0) is 22.9 Å². The molecule has 0 unspecified atom stereocenters. The minimum absolute atomic E-state index is 0.222. The second-order valence-corrected chi connectivity index (χ2v) is 4.02. The first-order valence-electron chi connectivity index (χ1n) is 4.78. The first-order chi connectivity index (χ1) is 7.69. The highest BCUT2D eigenvalue weighted by Crippen LogP contribution is 2.14. The molecule has 2 aromatic heterocycles. The summed E-state index contributed by atoms with van der Waals surface area (Å²) in [5.41, 5.74) is 5.62. The summed E-state index contributed by atoms with van der Waals surface area (Å²) >= 11 is 3.32. The lowest BCUT2D eigenvalue weighted by Crippen LogP contribution is -2.07. The summed E-state index contributed by atoms with van der Waals surface area (Å²) in [6.07, 6.45) is 3.49. The maximum Gasteiger partial charge on any atom is 0.224 e. The van der Waals surface area contributed by atoms with Gasteiger partial charge in [0.2, 0.25) is 5.95 Å². The zero-order valence-corrected chi connectivity index (χ0v) is 10.3. The van der Waals surface area contributed by atoms with Gasteiger partial charge in [0, 0.05) is 18.8 Å². The van der Waals surface area contributed by atoms with Crippen LogP contribution in [0.1, 0.15) is 6.92 Å². The van der Waals surface area contributed by atoms with E-state index >= 15 is 0 Å². The van der Waals surface area contributed by atoms with Gasteiger partial charge in [-0.1, -0.05) is 0 Å². The minimum atomic E-state index is 0.222. The van der Waals surface area contributed by atoms with Crippen molar-refractivity contribution >= 4 is 27.7 Å². The number of halogens is 1. The van der Waals surface area contributed by atoms with Gasteiger partial charge in [0.15, 0.2) is 5.82 Å². The molecule has 84 valence electrons. The third-order valence-electron chi connectivity index (χ3n) is 1.87. The van der Waals surface area contributed by atoms with Gasteiger partial charge < -0.3 is 11.1 Å². The molecule has 0 amide bonds. The topological polar surface area (TPSA) is 81.7 Å². The third-order valence-corrected chi connectivity index (χ3v) is 2.28. The van der Waals surface area contributed by atoms with Gasteiger partial charge in [-0.3, -0.25) is 0 Å². The second kappa shape index (κ2) is 4.48. The molecule has 0 saturated carbocycles. The molecule has 0 aliphatic rings. The SMILES string of the molecule is CCNc1cc(-n2cc(Br)cn2)nc(N)n1. The smallest absolute Gasteiger partial charge is 0.224 e. The number of nitrogens with one attached hydrogen (secondary N) is 1. The molecule has 0 fully saturated rings. The molecule has 0 aromatic carbocycles. The van der Waals surface area contributed by atoms with Gasteiger partial charge in [-0.15, -0.1) is 0 Å². The molecule has 0 saturated heterocycles. The normalized spacial score (nSPS) is 10.4. The van der Waals surface area contributed by atoms with E-state index in [1.807, 2.05) is 6.92 Å². The monoisotopic (exact) mass is 282 g/mol. The zero-order valence-electron chi connectivity index (χ0n) is 8.68. The molecule has 0 spiro atoms. The van der Waals surface area contributed by atoms with Gasteiger partial charge in [-0.25, -0.2) is 4.68 Å². The Morgan fingerprint density at radius 2 is 2.31 bits per heavy atom. The summed E-state index contributed by atoms with van der Waals surface area (Å²) < 4.78 is 2.51. The average molecular weight is 283 g/mol. The van der Waals surface area contributed by atoms with Crippen molar-refractivity contribution in [3.8, 4) is 5.82 Å². The molecule has 0 aliphatic carbocycles. The van der Waals surface area contributed by atoms with Crippen molar-refractivity contribution in [2.45, 2.75) is 6.92 Å². The van der Waals surface area contributed by atoms with Crippen LogP contribution >= 0.6 is 15.9 Å². The first kappa shape index (κ1) is 10.9. The highest BCUT2D eigenvalue weighted by atomic mass is 79.9. The number of nitrogens with two attached hydrogens (primary N) is 1. The van der Waals surface area contributed by atoms with E-state index in [0.717, 1.165) is 11.0 Å². The number of anilines is 2. The number of rotatable bonds is 3. The number of hydrogen-bond acceptors (Lipinski definition) is 5. The van der Waals surface area contributed by atoms with Crippen LogP contribution in [-0.4, -0.2) is 26.3 Å². The first-order valence-corrected chi connectivity index (χ1v) is 5.57. The highest BCUT2D eigenvalue weighted by molar-refractivity contribution is 9.10. The number of nitrogens with zero attached hydrogens (tertiary/aromatic N) is 4. The van der Waals surface area contributed by atoms with Crippen molar-refractivity contribution < 1.29 is 0 Å². The Kier molecular flexibility index (Phi) is 3.04. The summed E-state index contributed by atoms with van der Waals surface area (Å²) in [5, 5.41) is 7.21. The van der Waals surface area contributed by atoms with Crippen LogP contribution in [-0.2, 0) is 0 Å². The Morgan fingerprint density at radius 3 is 2.94 bits per heavy atom. The molecule has 3 N–H and O–H groups in total. The third kappa shape index (κ3) is 2.30. The van der Waals surface area contributed by atoms with Gasteiger partial charge in [0.25, 0.3) is 0 Å². The van der Waals surface area contributed by atoms with E-state index in [-0.39, 0.29) is 5.95 Å². The maximum absolute atomic E-state index is 5.62. The van der Waals surface area contributed by atoms with E-state index < -0.39 is 0 Å². The second-order valence-electron chi connectivity index (χ2n) is 3.10. The van der Waals surface area contributed by atoms with Crippen LogP contribution in [0.2, 0.25) is 0 Å². The fraction of sp³-hybridized carbons (Fsp3) is 0.222. The Hall–Kier alpha value is -1.63. The molecular weight excluding hydrogens is 272 g/mol. The van der Waals surface area contributed by atoms with Crippen LogP contribution in [0.4, 0.5) is 11.8 Å². The van der Waals surface area contributed by atoms with Crippen LogP contribution in [0.25, 0.3) is 5.82 Å². The Morgan fingerprint density at radius 1 is 1.50 bits per heavy atom. The molecule has 7 heteroatoms. The molecule has 0 atom stereocenters. The van der Waals surface area contributed by atoms with Crippen LogP contribution in [0.15, 0.2) is 22.9 Å². The van der Waals surface area contributed by atoms with Crippen molar-refractivity contribution in [2.75, 3.05) is 17.6 Å². The number of hydrogen-bond donors (Lipinski definition) is 2. The lowest BCUT2D eigenvalue weighted by Gasteiger charge is -2.06. The molecule has 6 nitrogen and oxygen atoms in total. The zero-order chi connectivity index (χ0) is 11.5. The van der Waals surface area contributed by atoms with Crippen LogP contribution in [0.5, 0.6) is 0 Å². The van der Waals surface area contributed by atoms with Gasteiger partial charge in [0.1, 0.15) is 5.82 Å². The minimum Gasteiger partial charge on any atom is -0.370 e. The molecular formula is C9H11BrN6. The Labute approximate surface area is 101 Å². The van der Waals surface area contributed by atoms with Crippen LogP contribution in [0, 0.1) is 0 Å². The fourth-order valence-electron chi connectivity index (χ4n) is 1.27. The van der Waals surface area contributed by atoms with Crippen LogP contribution < -0.4 is 11.1 Å². The molecule has 2 rings (SSSR count). The summed E-state index contributed by atoms with van der Waals surface area (Å²) in [6.45, 7) is 2.77. The summed E-state index contributed by atoms with van der Waals surface area (Å²) in [4.78, 5) is 8.16. The van der Waals surface area contributed by atoms with E-state index in [2.05, 4.69) is 36.3 Å². The summed E-state index contributed by atoms with van der Waals surface area (Å²) in [5.74, 6) is 1.55. The summed E-state index contributed by atoms with van der Waals surface area (Å²) in [6, 6.07) is 1.79.